The molecule has 0 aliphatic rings. The van der Waals surface area contributed by atoms with Crippen LogP contribution >= 0.6 is 0 Å². The monoisotopic (exact) mass is 400 g/mol. The van der Waals surface area contributed by atoms with Gasteiger partial charge in [-0.15, -0.1) is 0 Å². The van der Waals surface area contributed by atoms with Crippen LogP contribution in [0.4, 0.5) is 0 Å². The highest BCUT2D eigenvalue weighted by molar-refractivity contribution is 5.76. The summed E-state index contributed by atoms with van der Waals surface area (Å²) in [6.45, 7) is 3.96. The lowest BCUT2D eigenvalue weighted by molar-refractivity contribution is -0.122. The Labute approximate surface area is 178 Å². The summed E-state index contributed by atoms with van der Waals surface area (Å²) in [6, 6.07) is 2.02. The van der Waals surface area contributed by atoms with Crippen molar-refractivity contribution in [3.05, 3.63) is 48.6 Å². The Morgan fingerprint density at radius 2 is 1.59 bits per heavy atom. The molecule has 0 aromatic carbocycles. The van der Waals surface area contributed by atoms with Gasteiger partial charge in [0.25, 0.3) is 0 Å². The van der Waals surface area contributed by atoms with Gasteiger partial charge in [-0.1, -0.05) is 62.0 Å². The molecule has 0 saturated heterocycles. The summed E-state index contributed by atoms with van der Waals surface area (Å²) >= 11 is 0. The number of nitriles is 1. The van der Waals surface area contributed by atoms with E-state index in [-0.39, 0.29) is 18.6 Å². The van der Waals surface area contributed by atoms with Gasteiger partial charge >= 0.3 is 0 Å². The van der Waals surface area contributed by atoms with Crippen molar-refractivity contribution in [2.45, 2.75) is 84.1 Å². The molecule has 4 heteroatoms. The number of rotatable bonds is 17. The van der Waals surface area contributed by atoms with Crippen molar-refractivity contribution in [2.24, 2.45) is 5.92 Å². The number of hydrogen-bond donors (Lipinski definition) is 2. The number of hydrogen-bond acceptors (Lipinski definition) is 3. The second-order valence-electron chi connectivity index (χ2n) is 7.43. The van der Waals surface area contributed by atoms with Crippen LogP contribution in [0.1, 0.15) is 78.1 Å². The molecular weight excluding hydrogens is 360 g/mol. The third-order valence-electron chi connectivity index (χ3n) is 4.37. The van der Waals surface area contributed by atoms with Crippen LogP contribution in [0.15, 0.2) is 48.6 Å². The molecule has 0 bridgehead atoms. The molecular formula is C25H40N2O2. The summed E-state index contributed by atoms with van der Waals surface area (Å²) in [5.74, 6) is 0.464. The van der Waals surface area contributed by atoms with Crippen LogP contribution in [0.25, 0.3) is 0 Å². The number of aliphatic hydroxyl groups excluding tert-OH is 1. The maximum atomic E-state index is 11.5. The SMILES string of the molecule is C[C@H](/C=C\C/C=C\C/C=C\CCCC(=O)N[C@H](C)CO)/C=C\CCCCCC#N. The Kier molecular flexibility index (Phi) is 19.1. The van der Waals surface area contributed by atoms with E-state index in [1.54, 1.807) is 6.92 Å². The summed E-state index contributed by atoms with van der Waals surface area (Å²) in [6.07, 6.45) is 26.7. The first-order chi connectivity index (χ1) is 14.1. The number of nitrogens with zero attached hydrogens (tertiary/aromatic N) is 1. The number of amides is 1. The minimum atomic E-state index is -0.165. The third-order valence-corrected chi connectivity index (χ3v) is 4.37. The highest BCUT2D eigenvalue weighted by atomic mass is 16.3. The normalized spacial score (nSPS) is 14.1. The molecule has 1 amide bonds. The van der Waals surface area contributed by atoms with Crippen LogP contribution in [0.2, 0.25) is 0 Å². The molecule has 0 saturated carbocycles. The molecule has 0 rings (SSSR count). The molecule has 4 nitrogen and oxygen atoms in total. The lowest BCUT2D eigenvalue weighted by Crippen LogP contribution is -2.34. The maximum absolute atomic E-state index is 11.5. The van der Waals surface area contributed by atoms with E-state index in [0.29, 0.717) is 18.8 Å². The van der Waals surface area contributed by atoms with Gasteiger partial charge in [-0.3, -0.25) is 4.79 Å². The fourth-order valence-corrected chi connectivity index (χ4v) is 2.65. The molecule has 0 heterocycles. The van der Waals surface area contributed by atoms with E-state index >= 15 is 0 Å². The van der Waals surface area contributed by atoms with Crippen molar-refractivity contribution >= 4 is 5.91 Å². The van der Waals surface area contributed by atoms with Crippen molar-refractivity contribution < 1.29 is 9.90 Å². The highest BCUT2D eigenvalue weighted by Crippen LogP contribution is 2.06. The van der Waals surface area contributed by atoms with Crippen LogP contribution in [-0.2, 0) is 4.79 Å². The van der Waals surface area contributed by atoms with Gasteiger partial charge in [-0.2, -0.15) is 5.26 Å². The number of carbonyl (C=O) groups is 1. The van der Waals surface area contributed by atoms with Gasteiger partial charge in [0.05, 0.1) is 12.7 Å². The zero-order valence-corrected chi connectivity index (χ0v) is 18.4. The number of nitrogens with one attached hydrogen (secondary N) is 1. The first-order valence-electron chi connectivity index (χ1n) is 11.0. The van der Waals surface area contributed by atoms with Crippen molar-refractivity contribution in [3.63, 3.8) is 0 Å². The molecule has 2 atom stereocenters. The number of allylic oxidation sites excluding steroid dienone is 8. The van der Waals surface area contributed by atoms with Crippen LogP contribution in [0, 0.1) is 17.2 Å². The Balaban J connectivity index is 3.65. The number of unbranched alkanes of at least 4 members (excludes halogenated alkanes) is 5. The van der Waals surface area contributed by atoms with E-state index in [1.165, 1.54) is 6.42 Å². The van der Waals surface area contributed by atoms with Gasteiger partial charge in [0.1, 0.15) is 0 Å². The molecule has 0 fully saturated rings. The highest BCUT2D eigenvalue weighted by Gasteiger charge is 2.04. The zero-order chi connectivity index (χ0) is 21.6. The van der Waals surface area contributed by atoms with Crippen LogP contribution in [-0.4, -0.2) is 23.7 Å². The molecule has 0 aromatic rings. The van der Waals surface area contributed by atoms with E-state index in [2.05, 4.69) is 66.9 Å². The standard InChI is InChI=1S/C25H40N2O2/c1-23(19-15-11-8-9-13-17-21-26)18-14-10-6-4-3-5-7-12-16-20-25(29)27-24(2)22-28/h4-7,14-15,18-19,23-24,28H,3,8-13,16-17,20,22H2,1-2H3,(H,27,29)/b6-4-,7-5-,18-14-,19-15-/t23-,24-/m1/s1. The van der Waals surface area contributed by atoms with Crippen LogP contribution in [0.3, 0.4) is 0 Å². The van der Waals surface area contributed by atoms with Crippen molar-refractivity contribution in [1.29, 1.82) is 5.26 Å². The average Bonchev–Trinajstić information content (AvgIpc) is 2.71. The summed E-state index contributed by atoms with van der Waals surface area (Å²) in [7, 11) is 0. The predicted octanol–water partition coefficient (Wildman–Crippen LogP) is 5.77. The Hall–Kier alpha value is -2.12. The van der Waals surface area contributed by atoms with Crippen molar-refractivity contribution in [3.8, 4) is 6.07 Å². The van der Waals surface area contributed by atoms with Crippen molar-refractivity contribution in [2.75, 3.05) is 6.61 Å². The minimum absolute atomic E-state index is 0.00584. The van der Waals surface area contributed by atoms with Gasteiger partial charge in [-0.05, 0) is 57.8 Å². The molecule has 0 unspecified atom stereocenters. The molecule has 0 radical (unpaired) electrons. The number of aliphatic hydroxyl groups is 1. The molecule has 0 aliphatic carbocycles. The molecule has 162 valence electrons. The largest absolute Gasteiger partial charge is 0.394 e. The summed E-state index contributed by atoms with van der Waals surface area (Å²) in [4.78, 5) is 11.5. The lowest BCUT2D eigenvalue weighted by atomic mass is 10.1. The first-order valence-corrected chi connectivity index (χ1v) is 11.0. The molecule has 0 spiro atoms. The van der Waals surface area contributed by atoms with E-state index < -0.39 is 0 Å². The Morgan fingerprint density at radius 3 is 2.31 bits per heavy atom. The average molecular weight is 401 g/mol. The smallest absolute Gasteiger partial charge is 0.220 e. The lowest BCUT2D eigenvalue weighted by Gasteiger charge is -2.09. The quantitative estimate of drug-likeness (QED) is 0.240. The second-order valence-corrected chi connectivity index (χ2v) is 7.43. The zero-order valence-electron chi connectivity index (χ0n) is 18.4. The topological polar surface area (TPSA) is 73.1 Å². The Morgan fingerprint density at radius 1 is 0.931 bits per heavy atom. The Bertz CT molecular complexity index is 556. The first kappa shape index (κ1) is 26.9. The maximum Gasteiger partial charge on any atom is 0.220 e. The molecule has 2 N–H and O–H groups in total. The van der Waals surface area contributed by atoms with E-state index in [9.17, 15) is 4.79 Å². The van der Waals surface area contributed by atoms with Gasteiger partial charge in [0.2, 0.25) is 5.91 Å². The minimum Gasteiger partial charge on any atom is -0.394 e. The van der Waals surface area contributed by atoms with E-state index in [4.69, 9.17) is 10.4 Å². The van der Waals surface area contributed by atoms with Crippen LogP contribution < -0.4 is 5.32 Å². The number of carbonyl (C=O) groups excluding carboxylic acids is 1. The van der Waals surface area contributed by atoms with Gasteiger partial charge < -0.3 is 10.4 Å². The fraction of sp³-hybridized carbons (Fsp3) is 0.600. The molecule has 0 aromatic heterocycles. The summed E-state index contributed by atoms with van der Waals surface area (Å²) in [5.41, 5.74) is 0. The van der Waals surface area contributed by atoms with Gasteiger partial charge in [0.15, 0.2) is 0 Å². The van der Waals surface area contributed by atoms with E-state index in [0.717, 1.165) is 44.9 Å². The summed E-state index contributed by atoms with van der Waals surface area (Å²) in [5, 5.41) is 20.1. The van der Waals surface area contributed by atoms with Gasteiger partial charge in [0, 0.05) is 18.9 Å². The second kappa shape index (κ2) is 20.6. The van der Waals surface area contributed by atoms with E-state index in [1.807, 2.05) is 0 Å². The van der Waals surface area contributed by atoms with Crippen molar-refractivity contribution in [1.82, 2.24) is 5.32 Å². The fourth-order valence-electron chi connectivity index (χ4n) is 2.65. The molecule has 0 aliphatic heterocycles. The summed E-state index contributed by atoms with van der Waals surface area (Å²) < 4.78 is 0. The molecule has 29 heavy (non-hydrogen) atoms. The third kappa shape index (κ3) is 20.4. The predicted molar refractivity (Wildman–Crippen MR) is 122 cm³/mol. The van der Waals surface area contributed by atoms with Crippen LogP contribution in [0.5, 0.6) is 0 Å². The van der Waals surface area contributed by atoms with Gasteiger partial charge in [-0.25, -0.2) is 0 Å².